The number of carbonyl (C=O) groups excluding carboxylic acids is 1. The van der Waals surface area contributed by atoms with Crippen LogP contribution in [-0.4, -0.2) is 24.1 Å². The molecule has 0 radical (unpaired) electrons. The number of anilines is 3. The van der Waals surface area contributed by atoms with Crippen molar-refractivity contribution in [3.63, 3.8) is 0 Å². The van der Waals surface area contributed by atoms with Crippen LogP contribution < -0.4 is 20.1 Å². The van der Waals surface area contributed by atoms with Crippen LogP contribution in [0.3, 0.4) is 0 Å². The van der Waals surface area contributed by atoms with Crippen LogP contribution >= 0.6 is 0 Å². The molecule has 2 aromatic carbocycles. The molecule has 0 fully saturated rings. The molecule has 0 aliphatic rings. The minimum absolute atomic E-state index is 0.218. The van der Waals surface area contributed by atoms with Crippen LogP contribution in [-0.2, 0) is 0 Å². The molecule has 144 valence electrons. The van der Waals surface area contributed by atoms with Crippen LogP contribution in [0.25, 0.3) is 0 Å². The largest absolute Gasteiger partial charge is 0.494 e. The highest BCUT2D eigenvalue weighted by Crippen LogP contribution is 2.20. The van der Waals surface area contributed by atoms with Crippen LogP contribution in [0.4, 0.5) is 17.2 Å². The van der Waals surface area contributed by atoms with Gasteiger partial charge in [-0.05, 0) is 74.5 Å². The predicted molar refractivity (Wildman–Crippen MR) is 111 cm³/mol. The average molecular weight is 377 g/mol. The second-order valence-corrected chi connectivity index (χ2v) is 5.93. The molecule has 0 spiro atoms. The molecule has 0 saturated carbocycles. The Kier molecular flexibility index (Phi) is 6.46. The van der Waals surface area contributed by atoms with Crippen LogP contribution in [0, 0.1) is 0 Å². The minimum Gasteiger partial charge on any atom is -0.494 e. The molecule has 6 nitrogen and oxygen atoms in total. The normalized spacial score (nSPS) is 10.2. The zero-order valence-corrected chi connectivity index (χ0v) is 15.9. The quantitative estimate of drug-likeness (QED) is 0.586. The van der Waals surface area contributed by atoms with E-state index in [-0.39, 0.29) is 5.91 Å². The van der Waals surface area contributed by atoms with Crippen molar-refractivity contribution in [3.8, 4) is 11.5 Å². The Hall–Kier alpha value is -3.54. The van der Waals surface area contributed by atoms with Crippen molar-refractivity contribution in [1.29, 1.82) is 0 Å². The number of nitrogens with one attached hydrogen (secondary N) is 2. The van der Waals surface area contributed by atoms with Gasteiger partial charge in [0.15, 0.2) is 0 Å². The Balaban J connectivity index is 1.59. The van der Waals surface area contributed by atoms with E-state index in [4.69, 9.17) is 9.47 Å². The highest BCUT2D eigenvalue weighted by atomic mass is 16.5. The maximum Gasteiger partial charge on any atom is 0.257 e. The fourth-order valence-electron chi connectivity index (χ4n) is 2.56. The first-order valence-corrected chi connectivity index (χ1v) is 9.18. The van der Waals surface area contributed by atoms with E-state index < -0.39 is 0 Å². The second-order valence-electron chi connectivity index (χ2n) is 5.93. The third-order valence-corrected chi connectivity index (χ3v) is 3.89. The van der Waals surface area contributed by atoms with Gasteiger partial charge in [-0.3, -0.25) is 4.79 Å². The molecule has 1 heterocycles. The summed E-state index contributed by atoms with van der Waals surface area (Å²) in [5.74, 6) is 2.03. The summed E-state index contributed by atoms with van der Waals surface area (Å²) in [6, 6.07) is 18.4. The van der Waals surface area contributed by atoms with E-state index in [1.54, 1.807) is 30.5 Å². The van der Waals surface area contributed by atoms with E-state index >= 15 is 0 Å². The number of carbonyl (C=O) groups is 1. The second kappa shape index (κ2) is 9.41. The monoisotopic (exact) mass is 377 g/mol. The van der Waals surface area contributed by atoms with E-state index in [9.17, 15) is 4.79 Å². The van der Waals surface area contributed by atoms with Crippen LogP contribution in [0.2, 0.25) is 0 Å². The SMILES string of the molecule is CCOc1ccc(NC(=O)c2ccc(Nc3ccc(OCC)cc3)nc2)cc1. The number of amides is 1. The molecule has 0 aliphatic carbocycles. The summed E-state index contributed by atoms with van der Waals surface area (Å²) in [4.78, 5) is 16.7. The van der Waals surface area contributed by atoms with Gasteiger partial charge in [0.1, 0.15) is 17.3 Å². The number of hydrogen-bond acceptors (Lipinski definition) is 5. The zero-order valence-electron chi connectivity index (χ0n) is 15.9. The lowest BCUT2D eigenvalue weighted by Crippen LogP contribution is -2.12. The smallest absolute Gasteiger partial charge is 0.257 e. The third-order valence-electron chi connectivity index (χ3n) is 3.89. The molecular weight excluding hydrogens is 354 g/mol. The van der Waals surface area contributed by atoms with Crippen molar-refractivity contribution in [3.05, 3.63) is 72.4 Å². The lowest BCUT2D eigenvalue weighted by molar-refractivity contribution is 0.102. The van der Waals surface area contributed by atoms with E-state index in [2.05, 4.69) is 15.6 Å². The van der Waals surface area contributed by atoms with Gasteiger partial charge in [-0.1, -0.05) is 0 Å². The number of benzene rings is 2. The van der Waals surface area contributed by atoms with Crippen LogP contribution in [0.15, 0.2) is 66.9 Å². The van der Waals surface area contributed by atoms with Gasteiger partial charge in [-0.25, -0.2) is 4.98 Å². The third kappa shape index (κ3) is 5.23. The van der Waals surface area contributed by atoms with Crippen molar-refractivity contribution >= 4 is 23.1 Å². The molecule has 1 amide bonds. The fraction of sp³-hybridized carbons (Fsp3) is 0.182. The summed E-state index contributed by atoms with van der Waals surface area (Å²) in [5, 5.41) is 6.04. The van der Waals surface area contributed by atoms with Crippen molar-refractivity contribution in [2.45, 2.75) is 13.8 Å². The first kappa shape index (κ1) is 19.2. The van der Waals surface area contributed by atoms with E-state index in [1.165, 1.54) is 0 Å². The van der Waals surface area contributed by atoms with Crippen molar-refractivity contribution in [2.24, 2.45) is 0 Å². The lowest BCUT2D eigenvalue weighted by atomic mass is 10.2. The number of nitrogens with zero attached hydrogens (tertiary/aromatic N) is 1. The summed E-state index contributed by atoms with van der Waals surface area (Å²) in [6.07, 6.45) is 1.54. The van der Waals surface area contributed by atoms with Gasteiger partial charge in [-0.2, -0.15) is 0 Å². The number of rotatable bonds is 8. The molecule has 6 heteroatoms. The van der Waals surface area contributed by atoms with Gasteiger partial charge in [-0.15, -0.1) is 0 Å². The Morgan fingerprint density at radius 2 is 1.39 bits per heavy atom. The van der Waals surface area contributed by atoms with E-state index in [1.807, 2.05) is 50.2 Å². The molecule has 3 rings (SSSR count). The first-order chi connectivity index (χ1) is 13.7. The molecular formula is C22H23N3O3. The van der Waals surface area contributed by atoms with Gasteiger partial charge in [0.05, 0.1) is 18.8 Å². The average Bonchev–Trinajstić information content (AvgIpc) is 2.72. The van der Waals surface area contributed by atoms with Crippen LogP contribution in [0.1, 0.15) is 24.2 Å². The molecule has 1 aromatic heterocycles. The molecule has 0 bridgehead atoms. The highest BCUT2D eigenvalue weighted by Gasteiger charge is 2.07. The number of aromatic nitrogens is 1. The highest BCUT2D eigenvalue weighted by molar-refractivity contribution is 6.04. The molecule has 0 atom stereocenters. The molecule has 3 aromatic rings. The Labute approximate surface area is 164 Å². The van der Waals surface area contributed by atoms with Crippen molar-refractivity contribution in [1.82, 2.24) is 4.98 Å². The fourth-order valence-corrected chi connectivity index (χ4v) is 2.56. The van der Waals surface area contributed by atoms with Gasteiger partial charge in [0.25, 0.3) is 5.91 Å². The molecule has 2 N–H and O–H groups in total. The molecule has 28 heavy (non-hydrogen) atoms. The number of hydrogen-bond donors (Lipinski definition) is 2. The van der Waals surface area contributed by atoms with Crippen LogP contribution in [0.5, 0.6) is 11.5 Å². The Morgan fingerprint density at radius 1 is 0.821 bits per heavy atom. The minimum atomic E-state index is -0.218. The molecule has 0 saturated heterocycles. The van der Waals surface area contributed by atoms with Gasteiger partial charge in [0.2, 0.25) is 0 Å². The number of ether oxygens (including phenoxy) is 2. The summed E-state index contributed by atoms with van der Waals surface area (Å²) >= 11 is 0. The van der Waals surface area contributed by atoms with Crippen molar-refractivity contribution < 1.29 is 14.3 Å². The number of pyridine rings is 1. The first-order valence-electron chi connectivity index (χ1n) is 9.18. The predicted octanol–water partition coefficient (Wildman–Crippen LogP) is 4.87. The topological polar surface area (TPSA) is 72.5 Å². The summed E-state index contributed by atoms with van der Waals surface area (Å²) in [7, 11) is 0. The van der Waals surface area contributed by atoms with Gasteiger partial charge in [0, 0.05) is 17.6 Å². The maximum atomic E-state index is 12.4. The molecule has 0 unspecified atom stereocenters. The lowest BCUT2D eigenvalue weighted by Gasteiger charge is -2.09. The molecule has 0 aliphatic heterocycles. The van der Waals surface area contributed by atoms with Gasteiger partial charge >= 0.3 is 0 Å². The summed E-state index contributed by atoms with van der Waals surface area (Å²) in [6.45, 7) is 5.11. The van der Waals surface area contributed by atoms with E-state index in [0.717, 1.165) is 17.2 Å². The van der Waals surface area contributed by atoms with Gasteiger partial charge < -0.3 is 20.1 Å². The summed E-state index contributed by atoms with van der Waals surface area (Å²) in [5.41, 5.74) is 2.07. The maximum absolute atomic E-state index is 12.4. The van der Waals surface area contributed by atoms with E-state index in [0.29, 0.717) is 30.3 Å². The summed E-state index contributed by atoms with van der Waals surface area (Å²) < 4.78 is 10.8. The Morgan fingerprint density at radius 3 is 1.89 bits per heavy atom. The Bertz CT molecular complexity index is 892. The standard InChI is InChI=1S/C22H23N3O3/c1-3-27-19-10-6-17(7-11-19)24-21-14-5-16(15-23-21)22(26)25-18-8-12-20(13-9-18)28-4-2/h5-15H,3-4H2,1-2H3,(H,23,24)(H,25,26). The van der Waals surface area contributed by atoms with Crippen molar-refractivity contribution in [2.75, 3.05) is 23.8 Å². The zero-order chi connectivity index (χ0) is 19.8.